The Kier molecular flexibility index (Phi) is 5.63. The second kappa shape index (κ2) is 6.55. The van der Waals surface area contributed by atoms with Crippen molar-refractivity contribution in [1.29, 1.82) is 0 Å². The van der Waals surface area contributed by atoms with E-state index < -0.39 is 10.0 Å². The van der Waals surface area contributed by atoms with Crippen LogP contribution in [0.15, 0.2) is 29.2 Å². The Balaban J connectivity index is 2.89. The van der Waals surface area contributed by atoms with Crippen LogP contribution in [0.2, 0.25) is 0 Å². The van der Waals surface area contributed by atoms with Gasteiger partial charge in [0, 0.05) is 11.9 Å². The van der Waals surface area contributed by atoms with Crippen LogP contribution < -0.4 is 4.72 Å². The van der Waals surface area contributed by atoms with Gasteiger partial charge in [0.1, 0.15) is 0 Å². The van der Waals surface area contributed by atoms with Crippen LogP contribution in [0.25, 0.3) is 0 Å². The van der Waals surface area contributed by atoms with Gasteiger partial charge in [-0.05, 0) is 31.4 Å². The number of alkyl halides is 1. The molecule has 5 heteroatoms. The maximum absolute atomic E-state index is 12.2. The van der Waals surface area contributed by atoms with E-state index in [0.717, 1.165) is 5.56 Å². The summed E-state index contributed by atoms with van der Waals surface area (Å²) in [6.45, 7) is 5.89. The number of rotatable bonds is 6. The molecule has 1 rings (SSSR count). The van der Waals surface area contributed by atoms with Crippen molar-refractivity contribution in [3.05, 3.63) is 29.8 Å². The van der Waals surface area contributed by atoms with E-state index >= 15 is 0 Å². The third kappa shape index (κ3) is 4.26. The first kappa shape index (κ1) is 15.5. The Morgan fingerprint density at radius 2 is 1.78 bits per heavy atom. The third-order valence-electron chi connectivity index (χ3n) is 2.86. The SMILES string of the molecule is Cc1ccc(S(=O)(=O)NC(CCCl)C(C)C)cc1. The molecular formula is C13H20ClNO2S. The maximum Gasteiger partial charge on any atom is 0.240 e. The van der Waals surface area contributed by atoms with Crippen molar-refractivity contribution >= 4 is 21.6 Å². The average molecular weight is 290 g/mol. The number of aryl methyl sites for hydroxylation is 1. The first-order chi connectivity index (χ1) is 8.36. The van der Waals surface area contributed by atoms with Crippen molar-refractivity contribution in [3.63, 3.8) is 0 Å². The van der Waals surface area contributed by atoms with Gasteiger partial charge in [0.05, 0.1) is 4.90 Å². The molecule has 0 spiro atoms. The highest BCUT2D eigenvalue weighted by Gasteiger charge is 2.21. The molecule has 0 aliphatic rings. The highest BCUT2D eigenvalue weighted by Crippen LogP contribution is 2.14. The number of hydrogen-bond donors (Lipinski definition) is 1. The summed E-state index contributed by atoms with van der Waals surface area (Å²) in [4.78, 5) is 0.299. The second-order valence-corrected chi connectivity index (χ2v) is 6.85. The van der Waals surface area contributed by atoms with Crippen LogP contribution in [0.4, 0.5) is 0 Å². The van der Waals surface area contributed by atoms with Gasteiger partial charge in [-0.3, -0.25) is 0 Å². The molecule has 0 aromatic heterocycles. The van der Waals surface area contributed by atoms with E-state index in [1.165, 1.54) is 0 Å². The minimum absolute atomic E-state index is 0.131. The Labute approximate surface area is 115 Å². The monoisotopic (exact) mass is 289 g/mol. The summed E-state index contributed by atoms with van der Waals surface area (Å²) in [6.07, 6.45) is 0.629. The largest absolute Gasteiger partial charge is 0.240 e. The minimum Gasteiger partial charge on any atom is -0.208 e. The van der Waals surface area contributed by atoms with Crippen molar-refractivity contribution in [3.8, 4) is 0 Å². The van der Waals surface area contributed by atoms with Crippen LogP contribution in [0.1, 0.15) is 25.8 Å². The van der Waals surface area contributed by atoms with E-state index in [0.29, 0.717) is 17.2 Å². The van der Waals surface area contributed by atoms with Crippen molar-refractivity contribution < 1.29 is 8.42 Å². The number of benzene rings is 1. The molecule has 0 saturated heterocycles. The molecule has 102 valence electrons. The van der Waals surface area contributed by atoms with E-state index in [2.05, 4.69) is 4.72 Å². The Morgan fingerprint density at radius 1 is 1.22 bits per heavy atom. The van der Waals surface area contributed by atoms with Crippen molar-refractivity contribution in [2.24, 2.45) is 5.92 Å². The fraction of sp³-hybridized carbons (Fsp3) is 0.538. The van der Waals surface area contributed by atoms with Crippen LogP contribution in [-0.2, 0) is 10.0 Å². The molecule has 0 aliphatic heterocycles. The molecule has 0 aliphatic carbocycles. The van der Waals surface area contributed by atoms with Crippen LogP contribution in [0.3, 0.4) is 0 Å². The fourth-order valence-electron chi connectivity index (χ4n) is 1.63. The van der Waals surface area contributed by atoms with E-state index in [1.807, 2.05) is 20.8 Å². The molecule has 1 atom stereocenters. The zero-order valence-corrected chi connectivity index (χ0v) is 12.6. The first-order valence-electron chi connectivity index (χ1n) is 6.02. The molecule has 0 heterocycles. The molecule has 1 aromatic carbocycles. The van der Waals surface area contributed by atoms with Gasteiger partial charge in [-0.25, -0.2) is 13.1 Å². The lowest BCUT2D eigenvalue weighted by molar-refractivity contribution is 0.439. The highest BCUT2D eigenvalue weighted by atomic mass is 35.5. The zero-order valence-electron chi connectivity index (χ0n) is 11.0. The van der Waals surface area contributed by atoms with Crippen molar-refractivity contribution in [2.45, 2.75) is 38.1 Å². The lowest BCUT2D eigenvalue weighted by Crippen LogP contribution is -2.38. The first-order valence-corrected chi connectivity index (χ1v) is 8.03. The zero-order chi connectivity index (χ0) is 13.8. The van der Waals surface area contributed by atoms with Gasteiger partial charge >= 0.3 is 0 Å². The molecule has 0 bridgehead atoms. The molecule has 18 heavy (non-hydrogen) atoms. The van der Waals surface area contributed by atoms with Crippen molar-refractivity contribution in [2.75, 3.05) is 5.88 Å². The van der Waals surface area contributed by atoms with E-state index in [9.17, 15) is 8.42 Å². The predicted octanol–water partition coefficient (Wildman–Crippen LogP) is 2.93. The lowest BCUT2D eigenvalue weighted by Gasteiger charge is -2.21. The topological polar surface area (TPSA) is 46.2 Å². The van der Waals surface area contributed by atoms with Crippen LogP contribution in [0, 0.1) is 12.8 Å². The maximum atomic E-state index is 12.2. The van der Waals surface area contributed by atoms with E-state index in [-0.39, 0.29) is 12.0 Å². The molecule has 0 amide bonds. The molecule has 1 N–H and O–H groups in total. The van der Waals surface area contributed by atoms with Gasteiger partial charge in [0.25, 0.3) is 0 Å². The minimum atomic E-state index is -3.45. The summed E-state index contributed by atoms with van der Waals surface area (Å²) in [5, 5.41) is 0. The normalized spacial score (nSPS) is 13.8. The number of halogens is 1. The quantitative estimate of drug-likeness (QED) is 0.819. The summed E-state index contributed by atoms with van der Waals surface area (Å²) >= 11 is 5.70. The summed E-state index contributed by atoms with van der Waals surface area (Å²) in [5.41, 5.74) is 1.04. The Hall–Kier alpha value is -0.580. The number of sulfonamides is 1. The van der Waals surface area contributed by atoms with Gasteiger partial charge in [0.15, 0.2) is 0 Å². The molecule has 1 unspecified atom stereocenters. The predicted molar refractivity (Wildman–Crippen MR) is 75.5 cm³/mol. The summed E-state index contributed by atoms with van der Waals surface area (Å²) in [6, 6.07) is 6.70. The highest BCUT2D eigenvalue weighted by molar-refractivity contribution is 7.89. The number of nitrogens with one attached hydrogen (secondary N) is 1. The Morgan fingerprint density at radius 3 is 2.22 bits per heavy atom. The molecule has 0 fully saturated rings. The van der Waals surface area contributed by atoms with Gasteiger partial charge < -0.3 is 0 Å². The molecule has 3 nitrogen and oxygen atoms in total. The number of hydrogen-bond acceptors (Lipinski definition) is 2. The van der Waals surface area contributed by atoms with Gasteiger partial charge in [0.2, 0.25) is 10.0 Å². The second-order valence-electron chi connectivity index (χ2n) is 4.76. The average Bonchev–Trinajstić information content (AvgIpc) is 2.28. The van der Waals surface area contributed by atoms with Gasteiger partial charge in [-0.15, -0.1) is 11.6 Å². The smallest absolute Gasteiger partial charge is 0.208 e. The Bertz CT molecular complexity index is 468. The summed E-state index contributed by atoms with van der Waals surface area (Å²) < 4.78 is 27.1. The molecule has 0 saturated carbocycles. The third-order valence-corrected chi connectivity index (χ3v) is 4.59. The van der Waals surface area contributed by atoms with Crippen LogP contribution >= 0.6 is 11.6 Å². The fourth-order valence-corrected chi connectivity index (χ4v) is 3.28. The summed E-state index contributed by atoms with van der Waals surface area (Å²) in [7, 11) is -3.45. The molecular weight excluding hydrogens is 270 g/mol. The molecule has 0 radical (unpaired) electrons. The van der Waals surface area contributed by atoms with Gasteiger partial charge in [-0.2, -0.15) is 0 Å². The summed E-state index contributed by atoms with van der Waals surface area (Å²) in [5.74, 6) is 0.656. The van der Waals surface area contributed by atoms with E-state index in [1.54, 1.807) is 24.3 Å². The lowest BCUT2D eigenvalue weighted by atomic mass is 10.0. The van der Waals surface area contributed by atoms with Crippen LogP contribution in [-0.4, -0.2) is 20.3 Å². The molecule has 1 aromatic rings. The van der Waals surface area contributed by atoms with Crippen molar-refractivity contribution in [1.82, 2.24) is 4.72 Å². The van der Waals surface area contributed by atoms with E-state index in [4.69, 9.17) is 11.6 Å². The standard InChI is InChI=1S/C13H20ClNO2S/c1-10(2)13(8-9-14)15-18(16,17)12-6-4-11(3)5-7-12/h4-7,10,13,15H,8-9H2,1-3H3. The van der Waals surface area contributed by atoms with Crippen LogP contribution in [0.5, 0.6) is 0 Å². The van der Waals surface area contributed by atoms with Gasteiger partial charge in [-0.1, -0.05) is 31.5 Å².